The molecule has 0 aliphatic carbocycles. The van der Waals surface area contributed by atoms with Crippen LogP contribution >= 0.6 is 11.6 Å². The average molecular weight is 420 g/mol. The first-order valence-corrected chi connectivity index (χ1v) is 9.67. The molecule has 1 rings (SSSR count). The molecule has 11 heteroatoms. The Kier molecular flexibility index (Phi) is 7.35. The molecule has 0 unspecified atom stereocenters. The molecule has 0 aromatic heterocycles. The van der Waals surface area contributed by atoms with Crippen molar-refractivity contribution in [2.75, 3.05) is 20.2 Å². The van der Waals surface area contributed by atoms with Crippen molar-refractivity contribution in [3.05, 3.63) is 28.8 Å². The van der Waals surface area contributed by atoms with Crippen molar-refractivity contribution in [2.45, 2.75) is 31.2 Å². The number of hydrogen-bond acceptors (Lipinski definition) is 6. The number of nitrogens with zero attached hydrogens (tertiary/aromatic N) is 1. The molecule has 0 saturated carbocycles. The van der Waals surface area contributed by atoms with Crippen LogP contribution in [-0.4, -0.2) is 56.8 Å². The molecule has 3 N–H and O–H groups in total. The third kappa shape index (κ3) is 7.53. The van der Waals surface area contributed by atoms with Gasteiger partial charge in [-0.05, 0) is 39.0 Å². The van der Waals surface area contributed by atoms with Gasteiger partial charge >= 0.3 is 5.97 Å². The summed E-state index contributed by atoms with van der Waals surface area (Å²) in [7, 11) is -2.73. The van der Waals surface area contributed by atoms with E-state index in [2.05, 4.69) is 5.32 Å². The van der Waals surface area contributed by atoms with Gasteiger partial charge in [0.05, 0.1) is 17.1 Å². The fourth-order valence-corrected chi connectivity index (χ4v) is 3.00. The predicted octanol–water partition coefficient (Wildman–Crippen LogP) is 0.517. The number of likely N-dealkylation sites (N-methyl/N-ethyl adjacent to an activating group) is 1. The number of ether oxygens (including phenoxy) is 1. The number of amides is 2. The Bertz CT molecular complexity index is 848. The van der Waals surface area contributed by atoms with Gasteiger partial charge in [-0.25, -0.2) is 18.4 Å². The minimum atomic E-state index is -4.12. The molecule has 0 bridgehead atoms. The Morgan fingerprint density at radius 2 is 1.85 bits per heavy atom. The van der Waals surface area contributed by atoms with Gasteiger partial charge in [0.2, 0.25) is 15.9 Å². The van der Waals surface area contributed by atoms with E-state index in [-0.39, 0.29) is 23.0 Å². The summed E-state index contributed by atoms with van der Waals surface area (Å²) in [5, 5.41) is 7.57. The maximum Gasteiger partial charge on any atom is 0.338 e. The van der Waals surface area contributed by atoms with Crippen LogP contribution in [0.4, 0.5) is 0 Å². The van der Waals surface area contributed by atoms with Crippen molar-refractivity contribution in [3.8, 4) is 0 Å². The molecule has 1 aromatic carbocycles. The lowest BCUT2D eigenvalue weighted by Crippen LogP contribution is -2.46. The van der Waals surface area contributed by atoms with E-state index in [0.717, 1.165) is 11.0 Å². The van der Waals surface area contributed by atoms with Crippen LogP contribution in [-0.2, 0) is 24.3 Å². The molecule has 150 valence electrons. The highest BCUT2D eigenvalue weighted by molar-refractivity contribution is 7.89. The number of carbonyl (C=O) groups excluding carboxylic acids is 3. The fraction of sp³-hybridized carbons (Fsp3) is 0.438. The lowest BCUT2D eigenvalue weighted by Gasteiger charge is -2.23. The normalized spacial score (nSPS) is 11.6. The van der Waals surface area contributed by atoms with E-state index >= 15 is 0 Å². The highest BCUT2D eigenvalue weighted by atomic mass is 35.5. The number of benzene rings is 1. The quantitative estimate of drug-likeness (QED) is 0.645. The molecule has 9 nitrogen and oxygen atoms in total. The number of esters is 1. The number of primary sulfonamides is 1. The molecular formula is C16H22ClN3O6S. The van der Waals surface area contributed by atoms with Gasteiger partial charge in [-0.1, -0.05) is 11.6 Å². The summed E-state index contributed by atoms with van der Waals surface area (Å²) in [5.41, 5.74) is -0.576. The van der Waals surface area contributed by atoms with E-state index in [1.165, 1.54) is 19.2 Å². The first kappa shape index (κ1) is 22.9. The zero-order valence-corrected chi connectivity index (χ0v) is 17.0. The van der Waals surface area contributed by atoms with Crippen molar-refractivity contribution >= 4 is 39.4 Å². The van der Waals surface area contributed by atoms with Crippen LogP contribution in [0.1, 0.15) is 31.1 Å². The van der Waals surface area contributed by atoms with E-state index in [4.69, 9.17) is 21.5 Å². The summed E-state index contributed by atoms with van der Waals surface area (Å²) in [6.07, 6.45) is 0. The summed E-state index contributed by atoms with van der Waals surface area (Å²) in [6.45, 7) is 4.58. The van der Waals surface area contributed by atoms with Crippen LogP contribution < -0.4 is 10.5 Å². The van der Waals surface area contributed by atoms with Crippen molar-refractivity contribution in [2.24, 2.45) is 5.14 Å². The van der Waals surface area contributed by atoms with Gasteiger partial charge in [0, 0.05) is 12.6 Å². The van der Waals surface area contributed by atoms with E-state index in [0.29, 0.717) is 0 Å². The molecule has 1 aromatic rings. The Morgan fingerprint density at radius 1 is 1.26 bits per heavy atom. The molecule has 0 aliphatic rings. The molecule has 0 saturated heterocycles. The van der Waals surface area contributed by atoms with Gasteiger partial charge < -0.3 is 15.0 Å². The van der Waals surface area contributed by atoms with Crippen LogP contribution in [0.3, 0.4) is 0 Å². The molecule has 27 heavy (non-hydrogen) atoms. The third-order valence-corrected chi connectivity index (χ3v) is 4.51. The van der Waals surface area contributed by atoms with Crippen molar-refractivity contribution in [1.82, 2.24) is 10.2 Å². The Hall–Kier alpha value is -2.17. The number of nitrogens with two attached hydrogens (primary N) is 1. The molecule has 2 amide bonds. The van der Waals surface area contributed by atoms with Gasteiger partial charge in [-0.3, -0.25) is 9.59 Å². The standard InChI is InChI=1S/C16H22ClN3O6S/c1-16(2,3)19-13(21)8-20(4)14(22)9-26-15(23)10-5-6-11(17)12(7-10)27(18,24)25/h5-7H,8-9H2,1-4H3,(H,19,21)(H2,18,24,25). The number of carbonyl (C=O) groups is 3. The second-order valence-electron chi connectivity index (χ2n) is 6.81. The monoisotopic (exact) mass is 419 g/mol. The zero-order valence-electron chi connectivity index (χ0n) is 15.4. The molecule has 0 atom stereocenters. The van der Waals surface area contributed by atoms with Gasteiger partial charge in [-0.2, -0.15) is 0 Å². The smallest absolute Gasteiger partial charge is 0.338 e. The lowest BCUT2D eigenvalue weighted by atomic mass is 10.1. The molecule has 0 heterocycles. The van der Waals surface area contributed by atoms with Crippen molar-refractivity contribution < 1.29 is 27.5 Å². The summed E-state index contributed by atoms with van der Waals surface area (Å²) >= 11 is 5.74. The minimum Gasteiger partial charge on any atom is -0.452 e. The van der Waals surface area contributed by atoms with Gasteiger partial charge in [0.1, 0.15) is 4.90 Å². The number of sulfonamides is 1. The van der Waals surface area contributed by atoms with Crippen LogP contribution in [0.25, 0.3) is 0 Å². The van der Waals surface area contributed by atoms with Crippen LogP contribution in [0.5, 0.6) is 0 Å². The minimum absolute atomic E-state index is 0.135. The molecular weight excluding hydrogens is 398 g/mol. The number of halogens is 1. The van der Waals surface area contributed by atoms with Gasteiger partial charge in [0.25, 0.3) is 5.91 Å². The molecule has 0 radical (unpaired) electrons. The van der Waals surface area contributed by atoms with Crippen LogP contribution in [0.2, 0.25) is 5.02 Å². The topological polar surface area (TPSA) is 136 Å². The molecule has 0 fully saturated rings. The van der Waals surface area contributed by atoms with E-state index in [9.17, 15) is 22.8 Å². The first-order chi connectivity index (χ1) is 12.2. The van der Waals surface area contributed by atoms with E-state index in [1.54, 1.807) is 20.8 Å². The number of hydrogen-bond donors (Lipinski definition) is 2. The van der Waals surface area contributed by atoms with Crippen LogP contribution in [0, 0.1) is 0 Å². The zero-order chi connectivity index (χ0) is 21.0. The lowest BCUT2D eigenvalue weighted by molar-refractivity contribution is -0.137. The third-order valence-electron chi connectivity index (χ3n) is 3.12. The van der Waals surface area contributed by atoms with Crippen molar-refractivity contribution in [1.29, 1.82) is 0 Å². The van der Waals surface area contributed by atoms with Gasteiger partial charge in [0.15, 0.2) is 6.61 Å². The summed E-state index contributed by atoms with van der Waals surface area (Å²) in [4.78, 5) is 36.5. The van der Waals surface area contributed by atoms with Crippen molar-refractivity contribution in [3.63, 3.8) is 0 Å². The Morgan fingerprint density at radius 3 is 2.37 bits per heavy atom. The Labute approximate surface area is 162 Å². The second-order valence-corrected chi connectivity index (χ2v) is 8.75. The number of nitrogens with one attached hydrogen (secondary N) is 1. The highest BCUT2D eigenvalue weighted by Crippen LogP contribution is 2.21. The largest absolute Gasteiger partial charge is 0.452 e. The fourth-order valence-electron chi connectivity index (χ4n) is 1.93. The average Bonchev–Trinajstić information content (AvgIpc) is 2.49. The highest BCUT2D eigenvalue weighted by Gasteiger charge is 2.20. The summed E-state index contributed by atoms with van der Waals surface area (Å²) in [5.74, 6) is -1.90. The number of rotatable bonds is 6. The maximum absolute atomic E-state index is 12.0. The first-order valence-electron chi connectivity index (χ1n) is 7.75. The second kappa shape index (κ2) is 8.68. The molecule has 0 spiro atoms. The van der Waals surface area contributed by atoms with E-state index in [1.807, 2.05) is 0 Å². The van der Waals surface area contributed by atoms with E-state index < -0.39 is 38.9 Å². The summed E-state index contributed by atoms with van der Waals surface area (Å²) in [6, 6.07) is 3.39. The molecule has 0 aliphatic heterocycles. The maximum atomic E-state index is 12.0. The Balaban J connectivity index is 2.69. The SMILES string of the molecule is CN(CC(=O)NC(C)(C)C)C(=O)COC(=O)c1ccc(Cl)c(S(N)(=O)=O)c1. The van der Waals surface area contributed by atoms with Crippen LogP contribution in [0.15, 0.2) is 23.1 Å². The summed E-state index contributed by atoms with van der Waals surface area (Å²) < 4.78 is 27.7. The predicted molar refractivity (Wildman–Crippen MR) is 98.6 cm³/mol. The van der Waals surface area contributed by atoms with Gasteiger partial charge in [-0.15, -0.1) is 0 Å².